The predicted octanol–water partition coefficient (Wildman–Crippen LogP) is 2.09. The summed E-state index contributed by atoms with van der Waals surface area (Å²) in [5, 5.41) is 0. The maximum Gasteiger partial charge on any atom is 0.236 e. The van der Waals surface area contributed by atoms with E-state index >= 15 is 0 Å². The van der Waals surface area contributed by atoms with Crippen LogP contribution in [0.3, 0.4) is 0 Å². The van der Waals surface area contributed by atoms with Crippen LogP contribution in [-0.2, 0) is 16.1 Å². The van der Waals surface area contributed by atoms with Crippen LogP contribution in [0.2, 0.25) is 0 Å². The van der Waals surface area contributed by atoms with E-state index in [0.717, 1.165) is 45.0 Å². The average molecular weight is 392 g/mol. The number of ether oxygens (including phenoxy) is 1. The fraction of sp³-hybridized carbons (Fsp3) is 0.667. The molecule has 0 N–H and O–H groups in total. The van der Waals surface area contributed by atoms with Crippen LogP contribution in [0.25, 0.3) is 0 Å². The summed E-state index contributed by atoms with van der Waals surface area (Å²) in [7, 11) is 1.73. The summed E-state index contributed by atoms with van der Waals surface area (Å²) >= 11 is 1.99. The van der Waals surface area contributed by atoms with E-state index in [2.05, 4.69) is 45.9 Å². The molecule has 1 amide bonds. The third-order valence-electron chi connectivity index (χ3n) is 5.56. The van der Waals surface area contributed by atoms with Crippen LogP contribution >= 0.6 is 11.8 Å². The first-order valence-corrected chi connectivity index (χ1v) is 11.2. The standard InChI is InChI=1S/C21H33N3O2S/c1-18-4-3-5-19(14-18)15-22-7-9-23(10-8-22)21(25)16-24(11-12-26-2)20-6-13-27-17-20/h3-5,14,20H,6-13,15-17H2,1-2H3/t20-/m0/s1. The summed E-state index contributed by atoms with van der Waals surface area (Å²) in [5.41, 5.74) is 2.67. The molecule has 0 unspecified atom stereocenters. The molecule has 1 aromatic rings. The van der Waals surface area contributed by atoms with Crippen LogP contribution in [0.1, 0.15) is 17.5 Å². The first-order valence-electron chi connectivity index (χ1n) is 10.0. The van der Waals surface area contributed by atoms with Gasteiger partial charge in [-0.1, -0.05) is 29.8 Å². The molecule has 0 saturated carbocycles. The topological polar surface area (TPSA) is 36.0 Å². The van der Waals surface area contributed by atoms with Gasteiger partial charge in [0.1, 0.15) is 0 Å². The van der Waals surface area contributed by atoms with Crippen molar-refractivity contribution in [3.05, 3.63) is 35.4 Å². The van der Waals surface area contributed by atoms with E-state index < -0.39 is 0 Å². The van der Waals surface area contributed by atoms with Gasteiger partial charge in [-0.3, -0.25) is 14.6 Å². The highest BCUT2D eigenvalue weighted by Crippen LogP contribution is 2.22. The van der Waals surface area contributed by atoms with Crippen molar-refractivity contribution in [2.24, 2.45) is 0 Å². The highest BCUT2D eigenvalue weighted by molar-refractivity contribution is 7.99. The molecule has 0 spiro atoms. The molecule has 0 aromatic heterocycles. The minimum atomic E-state index is 0.276. The summed E-state index contributed by atoms with van der Waals surface area (Å²) in [6.07, 6.45) is 1.19. The fourth-order valence-electron chi connectivity index (χ4n) is 3.91. The quantitative estimate of drug-likeness (QED) is 0.678. The molecule has 150 valence electrons. The first kappa shape index (κ1) is 20.6. The zero-order valence-electron chi connectivity index (χ0n) is 16.7. The molecular weight excluding hydrogens is 358 g/mol. The lowest BCUT2D eigenvalue weighted by Gasteiger charge is -2.36. The molecule has 2 heterocycles. The Bertz CT molecular complexity index is 599. The number of nitrogens with zero attached hydrogens (tertiary/aromatic N) is 3. The second-order valence-corrected chi connectivity index (χ2v) is 8.78. The number of piperazine rings is 1. The summed E-state index contributed by atoms with van der Waals surface area (Å²) < 4.78 is 5.26. The zero-order chi connectivity index (χ0) is 19.1. The molecule has 2 saturated heterocycles. The summed E-state index contributed by atoms with van der Waals surface area (Å²) in [6.45, 7) is 8.77. The van der Waals surface area contributed by atoms with Crippen LogP contribution in [0.15, 0.2) is 24.3 Å². The van der Waals surface area contributed by atoms with E-state index in [0.29, 0.717) is 19.2 Å². The molecule has 1 atom stereocenters. The average Bonchev–Trinajstić information content (AvgIpc) is 3.20. The Labute approximate surface area is 168 Å². The van der Waals surface area contributed by atoms with E-state index in [1.807, 2.05) is 11.8 Å². The third kappa shape index (κ3) is 6.21. The van der Waals surface area contributed by atoms with Crippen LogP contribution in [0.5, 0.6) is 0 Å². The number of hydrogen-bond acceptors (Lipinski definition) is 5. The fourth-order valence-corrected chi connectivity index (χ4v) is 5.16. The Morgan fingerprint density at radius 3 is 2.78 bits per heavy atom. The SMILES string of the molecule is COCCN(CC(=O)N1CCN(Cc2cccc(C)c2)CC1)[C@H]1CCSC1. The van der Waals surface area contributed by atoms with Gasteiger partial charge in [0.2, 0.25) is 5.91 Å². The lowest BCUT2D eigenvalue weighted by molar-refractivity contribution is -0.134. The van der Waals surface area contributed by atoms with Gasteiger partial charge in [-0.2, -0.15) is 11.8 Å². The van der Waals surface area contributed by atoms with Crippen molar-refractivity contribution in [2.75, 3.05) is 64.5 Å². The molecule has 2 aliphatic rings. The van der Waals surface area contributed by atoms with E-state index in [1.54, 1.807) is 7.11 Å². The van der Waals surface area contributed by atoms with Gasteiger partial charge in [0, 0.05) is 58.2 Å². The number of benzene rings is 1. The Hall–Kier alpha value is -1.08. The predicted molar refractivity (Wildman–Crippen MR) is 112 cm³/mol. The number of carbonyl (C=O) groups is 1. The third-order valence-corrected chi connectivity index (χ3v) is 6.70. The van der Waals surface area contributed by atoms with E-state index in [4.69, 9.17) is 4.74 Å². The van der Waals surface area contributed by atoms with Gasteiger partial charge >= 0.3 is 0 Å². The van der Waals surface area contributed by atoms with Crippen LogP contribution < -0.4 is 0 Å². The number of aryl methyl sites for hydroxylation is 1. The van der Waals surface area contributed by atoms with Gasteiger partial charge in [-0.25, -0.2) is 0 Å². The van der Waals surface area contributed by atoms with Crippen molar-refractivity contribution in [3.63, 3.8) is 0 Å². The smallest absolute Gasteiger partial charge is 0.236 e. The molecule has 0 aliphatic carbocycles. The molecule has 2 aliphatic heterocycles. The van der Waals surface area contributed by atoms with Crippen molar-refractivity contribution < 1.29 is 9.53 Å². The Balaban J connectivity index is 1.46. The van der Waals surface area contributed by atoms with E-state index in [-0.39, 0.29) is 5.91 Å². The largest absolute Gasteiger partial charge is 0.383 e. The number of rotatable bonds is 8. The van der Waals surface area contributed by atoms with Crippen LogP contribution in [0, 0.1) is 6.92 Å². The molecule has 1 aromatic carbocycles. The van der Waals surface area contributed by atoms with Gasteiger partial charge in [0.05, 0.1) is 13.2 Å². The van der Waals surface area contributed by atoms with Crippen molar-refractivity contribution in [2.45, 2.75) is 25.9 Å². The molecular formula is C21H33N3O2S. The van der Waals surface area contributed by atoms with Crippen molar-refractivity contribution in [1.82, 2.24) is 14.7 Å². The first-order chi connectivity index (χ1) is 13.2. The minimum Gasteiger partial charge on any atom is -0.383 e. The summed E-state index contributed by atoms with van der Waals surface area (Å²) in [6, 6.07) is 9.23. The number of hydrogen-bond donors (Lipinski definition) is 0. The molecule has 6 heteroatoms. The number of carbonyl (C=O) groups excluding carboxylic acids is 1. The summed E-state index contributed by atoms with van der Waals surface area (Å²) in [5.74, 6) is 2.62. The second-order valence-electron chi connectivity index (χ2n) is 7.63. The van der Waals surface area contributed by atoms with Gasteiger partial charge in [-0.15, -0.1) is 0 Å². The lowest BCUT2D eigenvalue weighted by Crippen LogP contribution is -2.52. The minimum absolute atomic E-state index is 0.276. The number of amides is 1. The van der Waals surface area contributed by atoms with Crippen LogP contribution in [-0.4, -0.2) is 91.1 Å². The monoisotopic (exact) mass is 391 g/mol. The Morgan fingerprint density at radius 1 is 1.30 bits per heavy atom. The molecule has 5 nitrogen and oxygen atoms in total. The maximum absolute atomic E-state index is 12.9. The van der Waals surface area contributed by atoms with Crippen molar-refractivity contribution in [3.8, 4) is 0 Å². The van der Waals surface area contributed by atoms with Gasteiger partial charge in [-0.05, 0) is 24.7 Å². The van der Waals surface area contributed by atoms with Crippen molar-refractivity contribution in [1.29, 1.82) is 0 Å². The number of methoxy groups -OCH3 is 1. The normalized spacial score (nSPS) is 21.1. The molecule has 3 rings (SSSR count). The molecule has 27 heavy (non-hydrogen) atoms. The second kappa shape index (κ2) is 10.5. The molecule has 2 fully saturated rings. The molecule has 0 bridgehead atoms. The van der Waals surface area contributed by atoms with Crippen LogP contribution in [0.4, 0.5) is 0 Å². The molecule has 0 radical (unpaired) electrons. The van der Waals surface area contributed by atoms with Gasteiger partial charge in [0.15, 0.2) is 0 Å². The van der Waals surface area contributed by atoms with Crippen molar-refractivity contribution >= 4 is 17.7 Å². The van der Waals surface area contributed by atoms with Gasteiger partial charge < -0.3 is 9.64 Å². The van der Waals surface area contributed by atoms with Gasteiger partial charge in [0.25, 0.3) is 0 Å². The lowest BCUT2D eigenvalue weighted by atomic mass is 10.1. The van der Waals surface area contributed by atoms with E-state index in [9.17, 15) is 4.79 Å². The highest BCUT2D eigenvalue weighted by atomic mass is 32.2. The highest BCUT2D eigenvalue weighted by Gasteiger charge is 2.27. The maximum atomic E-state index is 12.9. The summed E-state index contributed by atoms with van der Waals surface area (Å²) in [4.78, 5) is 19.7. The Morgan fingerprint density at radius 2 is 2.11 bits per heavy atom. The zero-order valence-corrected chi connectivity index (χ0v) is 17.5. The Kier molecular flexibility index (Phi) is 8.00. The number of thioether (sulfide) groups is 1. The van der Waals surface area contributed by atoms with E-state index in [1.165, 1.54) is 23.3 Å².